The maximum atomic E-state index is 13.1. The molecule has 0 N–H and O–H groups in total. The summed E-state index contributed by atoms with van der Waals surface area (Å²) in [5.41, 5.74) is 1.31. The van der Waals surface area contributed by atoms with Gasteiger partial charge in [0.1, 0.15) is 5.82 Å². The largest absolute Gasteiger partial charge is 0.493 e. The second-order valence-electron chi connectivity index (χ2n) is 6.63. The molecule has 0 amide bonds. The molecular formula is C24H15ClFNO5. The first-order valence-electron chi connectivity index (χ1n) is 9.38. The number of nitrogens with zero attached hydrogens (tertiary/aromatic N) is 1. The highest BCUT2D eigenvalue weighted by atomic mass is 35.5. The second-order valence-corrected chi connectivity index (χ2v) is 7.04. The van der Waals surface area contributed by atoms with E-state index in [0.29, 0.717) is 16.7 Å². The molecule has 1 heterocycles. The average molecular weight is 452 g/mol. The van der Waals surface area contributed by atoms with Gasteiger partial charge in [-0.1, -0.05) is 29.8 Å². The number of hydrogen-bond donors (Lipinski definition) is 0. The zero-order valence-corrected chi connectivity index (χ0v) is 17.4. The van der Waals surface area contributed by atoms with Crippen LogP contribution in [-0.2, 0) is 9.53 Å². The lowest BCUT2D eigenvalue weighted by atomic mass is 10.1. The van der Waals surface area contributed by atoms with Gasteiger partial charge < -0.3 is 14.2 Å². The molecule has 0 unspecified atom stereocenters. The Bertz CT molecular complexity index is 1250. The minimum absolute atomic E-state index is 0.0245. The summed E-state index contributed by atoms with van der Waals surface area (Å²) < 4.78 is 29.0. The molecule has 6 nitrogen and oxygen atoms in total. The van der Waals surface area contributed by atoms with Gasteiger partial charge in [0.25, 0.3) is 0 Å². The molecule has 3 aromatic rings. The molecule has 1 aliphatic rings. The summed E-state index contributed by atoms with van der Waals surface area (Å²) in [5, 5.41) is 0.106. The van der Waals surface area contributed by atoms with E-state index >= 15 is 0 Å². The van der Waals surface area contributed by atoms with E-state index in [4.69, 9.17) is 25.8 Å². The molecule has 0 spiro atoms. The smallest absolute Gasteiger partial charge is 0.363 e. The molecule has 8 heteroatoms. The van der Waals surface area contributed by atoms with Crippen molar-refractivity contribution < 1.29 is 28.2 Å². The summed E-state index contributed by atoms with van der Waals surface area (Å²) in [5.74, 6) is -1.36. The molecular weight excluding hydrogens is 437 g/mol. The Balaban J connectivity index is 1.62. The molecule has 0 aromatic heterocycles. The summed E-state index contributed by atoms with van der Waals surface area (Å²) >= 11 is 6.33. The van der Waals surface area contributed by atoms with Gasteiger partial charge in [0, 0.05) is 5.56 Å². The van der Waals surface area contributed by atoms with Crippen LogP contribution in [0.15, 0.2) is 77.4 Å². The number of rotatable bonds is 5. The normalized spacial score (nSPS) is 14.2. The molecule has 0 saturated carbocycles. The maximum absolute atomic E-state index is 13.1. The third-order valence-corrected chi connectivity index (χ3v) is 4.75. The zero-order chi connectivity index (χ0) is 22.7. The van der Waals surface area contributed by atoms with Gasteiger partial charge in [0.05, 0.1) is 17.7 Å². The third-order valence-electron chi connectivity index (χ3n) is 4.47. The van der Waals surface area contributed by atoms with Crippen LogP contribution in [0.25, 0.3) is 6.08 Å². The van der Waals surface area contributed by atoms with Gasteiger partial charge in [-0.2, -0.15) is 0 Å². The van der Waals surface area contributed by atoms with Crippen molar-refractivity contribution in [3.8, 4) is 11.5 Å². The highest BCUT2D eigenvalue weighted by Crippen LogP contribution is 2.38. The van der Waals surface area contributed by atoms with Crippen molar-refractivity contribution in [2.75, 3.05) is 7.11 Å². The highest BCUT2D eigenvalue weighted by molar-refractivity contribution is 6.32. The number of carbonyl (C=O) groups excluding carboxylic acids is 2. The molecule has 0 saturated heterocycles. The van der Waals surface area contributed by atoms with E-state index in [1.165, 1.54) is 43.5 Å². The summed E-state index contributed by atoms with van der Waals surface area (Å²) in [6, 6.07) is 16.9. The number of ether oxygens (including phenoxy) is 3. The van der Waals surface area contributed by atoms with Crippen LogP contribution >= 0.6 is 11.6 Å². The van der Waals surface area contributed by atoms with Crippen molar-refractivity contribution >= 4 is 35.5 Å². The number of halogens is 2. The topological polar surface area (TPSA) is 74.2 Å². The molecule has 0 atom stereocenters. The van der Waals surface area contributed by atoms with Crippen LogP contribution in [0.4, 0.5) is 4.39 Å². The van der Waals surface area contributed by atoms with Crippen LogP contribution < -0.4 is 9.47 Å². The van der Waals surface area contributed by atoms with Crippen molar-refractivity contribution in [3.63, 3.8) is 0 Å². The van der Waals surface area contributed by atoms with E-state index in [1.807, 2.05) is 0 Å². The number of cyclic esters (lactones) is 1. The lowest BCUT2D eigenvalue weighted by Crippen LogP contribution is -2.09. The second kappa shape index (κ2) is 9.03. The Labute approximate surface area is 187 Å². The quantitative estimate of drug-likeness (QED) is 0.308. The Morgan fingerprint density at radius 1 is 1.09 bits per heavy atom. The number of hydrogen-bond acceptors (Lipinski definition) is 6. The Hall–Kier alpha value is -3.97. The minimum atomic E-state index is -0.668. The highest BCUT2D eigenvalue weighted by Gasteiger charge is 2.25. The summed E-state index contributed by atoms with van der Waals surface area (Å²) in [6.45, 7) is 0. The number of carbonyl (C=O) groups is 2. The number of benzene rings is 3. The Morgan fingerprint density at radius 2 is 1.81 bits per heavy atom. The lowest BCUT2D eigenvalue weighted by molar-refractivity contribution is -0.129. The van der Waals surface area contributed by atoms with Crippen LogP contribution in [-0.4, -0.2) is 24.9 Å². The van der Waals surface area contributed by atoms with Gasteiger partial charge in [-0.05, 0) is 60.2 Å². The molecule has 1 aliphatic heterocycles. The summed E-state index contributed by atoms with van der Waals surface area (Å²) in [6.07, 6.45) is 1.45. The first-order valence-corrected chi connectivity index (χ1v) is 9.75. The molecule has 0 fully saturated rings. The van der Waals surface area contributed by atoms with E-state index in [0.717, 1.165) is 0 Å². The molecule has 0 aliphatic carbocycles. The van der Waals surface area contributed by atoms with Gasteiger partial charge in [-0.25, -0.2) is 19.0 Å². The van der Waals surface area contributed by atoms with Crippen LogP contribution in [0.5, 0.6) is 11.5 Å². The third kappa shape index (κ3) is 4.53. The van der Waals surface area contributed by atoms with Gasteiger partial charge >= 0.3 is 11.9 Å². The van der Waals surface area contributed by atoms with Crippen LogP contribution in [0.1, 0.15) is 21.5 Å². The van der Waals surface area contributed by atoms with E-state index in [9.17, 15) is 14.0 Å². The van der Waals surface area contributed by atoms with Crippen molar-refractivity contribution in [3.05, 3.63) is 100.0 Å². The van der Waals surface area contributed by atoms with E-state index < -0.39 is 17.8 Å². The molecule has 0 bridgehead atoms. The van der Waals surface area contributed by atoms with E-state index in [-0.39, 0.29) is 28.1 Å². The van der Waals surface area contributed by atoms with Gasteiger partial charge in [-0.15, -0.1) is 0 Å². The standard InChI is InChI=1S/C24H15ClFNO5/c1-30-20-13-14(11-18(25)21(20)31-23(28)16-5-3-2-4-6-16)12-19-24(29)32-22(27-19)15-7-9-17(26)10-8-15/h2-13H,1H3/b19-12-. The lowest BCUT2D eigenvalue weighted by Gasteiger charge is -2.12. The molecule has 32 heavy (non-hydrogen) atoms. The van der Waals surface area contributed by atoms with Gasteiger partial charge in [0.15, 0.2) is 17.2 Å². The fourth-order valence-corrected chi connectivity index (χ4v) is 3.19. The average Bonchev–Trinajstić information content (AvgIpc) is 3.16. The predicted octanol–water partition coefficient (Wildman–Crippen LogP) is 5.05. The van der Waals surface area contributed by atoms with Crippen molar-refractivity contribution in [1.82, 2.24) is 0 Å². The molecule has 0 radical (unpaired) electrons. The van der Waals surface area contributed by atoms with Crippen molar-refractivity contribution in [2.45, 2.75) is 0 Å². The Morgan fingerprint density at radius 3 is 2.50 bits per heavy atom. The van der Waals surface area contributed by atoms with Crippen molar-refractivity contribution in [2.24, 2.45) is 4.99 Å². The Kier molecular flexibility index (Phi) is 6.00. The number of methoxy groups -OCH3 is 1. The van der Waals surface area contributed by atoms with E-state index in [1.54, 1.807) is 36.4 Å². The first-order chi connectivity index (χ1) is 15.4. The predicted molar refractivity (Wildman–Crippen MR) is 116 cm³/mol. The SMILES string of the molecule is COc1cc(/C=C2\N=C(c3ccc(F)cc3)OC2=O)cc(Cl)c1OC(=O)c1ccccc1. The fraction of sp³-hybridized carbons (Fsp3) is 0.0417. The van der Waals surface area contributed by atoms with E-state index in [2.05, 4.69) is 4.99 Å². The fourth-order valence-electron chi connectivity index (χ4n) is 2.93. The van der Waals surface area contributed by atoms with Gasteiger partial charge in [0.2, 0.25) is 5.90 Å². The maximum Gasteiger partial charge on any atom is 0.363 e. The molecule has 3 aromatic carbocycles. The monoisotopic (exact) mass is 451 g/mol. The van der Waals surface area contributed by atoms with Gasteiger partial charge in [-0.3, -0.25) is 0 Å². The molecule has 160 valence electrons. The minimum Gasteiger partial charge on any atom is -0.493 e. The summed E-state index contributed by atoms with van der Waals surface area (Å²) in [7, 11) is 1.40. The number of esters is 2. The molecule has 4 rings (SSSR count). The van der Waals surface area contributed by atoms with Crippen LogP contribution in [0.2, 0.25) is 5.02 Å². The number of aliphatic imine (C=N–C) groups is 1. The van der Waals surface area contributed by atoms with Crippen molar-refractivity contribution in [1.29, 1.82) is 0 Å². The van der Waals surface area contributed by atoms with Crippen LogP contribution in [0, 0.1) is 5.82 Å². The first kappa shape index (κ1) is 21.3. The zero-order valence-electron chi connectivity index (χ0n) is 16.7. The van der Waals surface area contributed by atoms with Crippen LogP contribution in [0.3, 0.4) is 0 Å². The summed E-state index contributed by atoms with van der Waals surface area (Å²) in [4.78, 5) is 28.8.